The molecule has 0 amide bonds. The summed E-state index contributed by atoms with van der Waals surface area (Å²) in [6.45, 7) is 6.50. The van der Waals surface area contributed by atoms with Gasteiger partial charge in [0, 0.05) is 0 Å². The maximum atomic E-state index is 4.66. The van der Waals surface area contributed by atoms with Gasteiger partial charge in [-0.3, -0.25) is 0 Å². The third kappa shape index (κ3) is 1.78. The quantitative estimate of drug-likeness (QED) is 0.798. The van der Waals surface area contributed by atoms with Crippen LogP contribution in [-0.4, -0.2) is 14.6 Å². The van der Waals surface area contributed by atoms with Crippen LogP contribution in [0.1, 0.15) is 43.6 Å². The molecule has 0 fully saturated rings. The first kappa shape index (κ1) is 10.6. The van der Waals surface area contributed by atoms with E-state index in [-0.39, 0.29) is 0 Å². The Morgan fingerprint density at radius 3 is 2.60 bits per heavy atom. The van der Waals surface area contributed by atoms with E-state index in [4.69, 9.17) is 0 Å². The summed E-state index contributed by atoms with van der Waals surface area (Å²) in [6.07, 6.45) is 4.24. The van der Waals surface area contributed by atoms with Crippen molar-refractivity contribution in [1.29, 1.82) is 0 Å². The highest BCUT2D eigenvalue weighted by Gasteiger charge is 2.13. The van der Waals surface area contributed by atoms with Crippen molar-refractivity contribution in [3.63, 3.8) is 0 Å². The first-order chi connectivity index (χ1) is 7.30. The molecule has 15 heavy (non-hydrogen) atoms. The summed E-state index contributed by atoms with van der Waals surface area (Å²) in [7, 11) is 0. The summed E-state index contributed by atoms with van der Waals surface area (Å²) in [5.41, 5.74) is 2.53. The van der Waals surface area contributed by atoms with Crippen LogP contribution >= 0.6 is 11.3 Å². The Kier molecular flexibility index (Phi) is 3.05. The molecule has 0 spiro atoms. The molecule has 0 atom stereocenters. The molecule has 0 unspecified atom stereocenters. The molecular weight excluding hydrogens is 206 g/mol. The number of aryl methyl sites for hydroxylation is 3. The largest absolute Gasteiger partial charge is 0.222 e. The van der Waals surface area contributed by atoms with Crippen molar-refractivity contribution in [2.45, 2.75) is 46.5 Å². The molecule has 0 aliphatic carbocycles. The molecule has 0 saturated carbocycles. The van der Waals surface area contributed by atoms with Gasteiger partial charge in [0.05, 0.1) is 11.4 Å². The Balaban J connectivity index is 2.51. The highest BCUT2D eigenvalue weighted by molar-refractivity contribution is 7.16. The molecule has 82 valence electrons. The fraction of sp³-hybridized carbons (Fsp3) is 0.636. The van der Waals surface area contributed by atoms with Gasteiger partial charge in [-0.25, -0.2) is 9.50 Å². The zero-order valence-electron chi connectivity index (χ0n) is 9.58. The molecule has 2 aromatic heterocycles. The Morgan fingerprint density at radius 2 is 2.00 bits per heavy atom. The van der Waals surface area contributed by atoms with E-state index < -0.39 is 0 Å². The third-order valence-electron chi connectivity index (χ3n) is 2.55. The molecule has 0 bridgehead atoms. The molecule has 2 aromatic rings. The minimum Gasteiger partial charge on any atom is -0.222 e. The van der Waals surface area contributed by atoms with E-state index in [0.29, 0.717) is 0 Å². The summed E-state index contributed by atoms with van der Waals surface area (Å²) in [5.74, 6) is 0. The van der Waals surface area contributed by atoms with Crippen LogP contribution in [0.5, 0.6) is 0 Å². The summed E-state index contributed by atoms with van der Waals surface area (Å²) >= 11 is 1.71. The normalized spacial score (nSPS) is 11.4. The fourth-order valence-electron chi connectivity index (χ4n) is 1.81. The van der Waals surface area contributed by atoms with Crippen molar-refractivity contribution in [2.24, 2.45) is 0 Å². The zero-order valence-corrected chi connectivity index (χ0v) is 10.4. The topological polar surface area (TPSA) is 30.2 Å². The van der Waals surface area contributed by atoms with E-state index in [9.17, 15) is 0 Å². The molecule has 2 rings (SSSR count). The van der Waals surface area contributed by atoms with Crippen LogP contribution in [0.25, 0.3) is 4.96 Å². The number of fused-ring (bicyclic) bond motifs is 1. The lowest BCUT2D eigenvalue weighted by atomic mass is 10.2. The second-order valence-electron chi connectivity index (χ2n) is 3.65. The highest BCUT2D eigenvalue weighted by Crippen LogP contribution is 2.20. The fourth-order valence-corrected chi connectivity index (χ4v) is 2.68. The molecule has 0 aliphatic rings. The summed E-state index contributed by atoms with van der Waals surface area (Å²) in [4.78, 5) is 5.72. The van der Waals surface area contributed by atoms with Crippen LogP contribution in [0.4, 0.5) is 0 Å². The van der Waals surface area contributed by atoms with Crippen molar-refractivity contribution in [3.05, 3.63) is 16.4 Å². The van der Waals surface area contributed by atoms with Crippen LogP contribution in [0.2, 0.25) is 0 Å². The van der Waals surface area contributed by atoms with Crippen LogP contribution in [0.15, 0.2) is 0 Å². The average molecular weight is 223 g/mol. The van der Waals surface area contributed by atoms with Gasteiger partial charge >= 0.3 is 0 Å². The van der Waals surface area contributed by atoms with Gasteiger partial charge in [-0.15, -0.1) is 0 Å². The number of aromatic nitrogens is 3. The van der Waals surface area contributed by atoms with Crippen molar-refractivity contribution in [3.8, 4) is 0 Å². The predicted molar refractivity (Wildman–Crippen MR) is 63.6 cm³/mol. The van der Waals surface area contributed by atoms with Gasteiger partial charge in [0.15, 0.2) is 0 Å². The number of imidazole rings is 1. The second-order valence-corrected chi connectivity index (χ2v) is 4.69. The molecule has 4 heteroatoms. The number of hydrogen-bond donors (Lipinski definition) is 0. The van der Waals surface area contributed by atoms with Gasteiger partial charge in [-0.1, -0.05) is 38.5 Å². The van der Waals surface area contributed by atoms with Gasteiger partial charge in [-0.05, 0) is 19.3 Å². The molecule has 3 nitrogen and oxygen atoms in total. The highest BCUT2D eigenvalue weighted by atomic mass is 32.1. The van der Waals surface area contributed by atoms with Crippen LogP contribution in [0, 0.1) is 0 Å². The van der Waals surface area contributed by atoms with Gasteiger partial charge in [-0.2, -0.15) is 5.10 Å². The molecule has 0 saturated heterocycles. The van der Waals surface area contributed by atoms with Crippen LogP contribution in [-0.2, 0) is 19.3 Å². The minimum atomic E-state index is 1.00. The summed E-state index contributed by atoms with van der Waals surface area (Å²) in [6, 6.07) is 0. The third-order valence-corrected chi connectivity index (χ3v) is 3.60. The minimum absolute atomic E-state index is 1.00. The first-order valence-corrected chi connectivity index (χ1v) is 6.47. The van der Waals surface area contributed by atoms with E-state index in [1.807, 2.05) is 4.52 Å². The molecule has 0 radical (unpaired) electrons. The predicted octanol–water partition coefficient (Wildman–Crippen LogP) is 2.87. The lowest BCUT2D eigenvalue weighted by Gasteiger charge is -1.97. The molecule has 0 aliphatic heterocycles. The Morgan fingerprint density at radius 1 is 1.20 bits per heavy atom. The Bertz CT molecular complexity index is 456. The smallest absolute Gasteiger partial charge is 0.212 e. The first-order valence-electron chi connectivity index (χ1n) is 5.66. The van der Waals surface area contributed by atoms with E-state index in [1.54, 1.807) is 11.3 Å². The van der Waals surface area contributed by atoms with Crippen molar-refractivity contribution in [1.82, 2.24) is 14.6 Å². The van der Waals surface area contributed by atoms with Crippen LogP contribution < -0.4 is 0 Å². The van der Waals surface area contributed by atoms with E-state index >= 15 is 0 Å². The van der Waals surface area contributed by atoms with Gasteiger partial charge in [0.25, 0.3) is 0 Å². The monoisotopic (exact) mass is 223 g/mol. The van der Waals surface area contributed by atoms with Gasteiger partial charge in [0.2, 0.25) is 4.96 Å². The second kappa shape index (κ2) is 4.31. The van der Waals surface area contributed by atoms with Gasteiger partial charge in [0.1, 0.15) is 5.01 Å². The maximum Gasteiger partial charge on any atom is 0.212 e. The zero-order chi connectivity index (χ0) is 10.8. The number of rotatable bonds is 4. The molecule has 0 N–H and O–H groups in total. The van der Waals surface area contributed by atoms with Crippen LogP contribution in [0.3, 0.4) is 0 Å². The van der Waals surface area contributed by atoms with E-state index in [2.05, 4.69) is 30.9 Å². The molecular formula is C11H17N3S. The number of hydrogen-bond acceptors (Lipinski definition) is 3. The Labute approximate surface area is 94.2 Å². The van der Waals surface area contributed by atoms with Gasteiger partial charge < -0.3 is 0 Å². The van der Waals surface area contributed by atoms with Crippen molar-refractivity contribution < 1.29 is 0 Å². The van der Waals surface area contributed by atoms with E-state index in [0.717, 1.165) is 30.6 Å². The Hall–Kier alpha value is -0.900. The number of nitrogens with zero attached hydrogens (tertiary/aromatic N) is 3. The average Bonchev–Trinajstić information content (AvgIpc) is 2.74. The molecule has 2 heterocycles. The SMILES string of the molecule is CCCc1nc2sc(CC)nn2c1CC. The summed E-state index contributed by atoms with van der Waals surface area (Å²) < 4.78 is 2.04. The van der Waals surface area contributed by atoms with E-state index in [1.165, 1.54) is 16.4 Å². The summed E-state index contributed by atoms with van der Waals surface area (Å²) in [5, 5.41) is 5.75. The lowest BCUT2D eigenvalue weighted by Crippen LogP contribution is -1.97. The van der Waals surface area contributed by atoms with Crippen molar-refractivity contribution in [2.75, 3.05) is 0 Å². The molecule has 0 aromatic carbocycles. The van der Waals surface area contributed by atoms with Crippen molar-refractivity contribution >= 4 is 16.3 Å². The standard InChI is InChI=1S/C11H17N3S/c1-4-7-8-9(5-2)14-11(12-8)15-10(6-3)13-14/h4-7H2,1-3H3. The maximum absolute atomic E-state index is 4.66. The lowest BCUT2D eigenvalue weighted by molar-refractivity contribution is 0.813.